The van der Waals surface area contributed by atoms with Crippen LogP contribution in [0.5, 0.6) is 0 Å². The summed E-state index contributed by atoms with van der Waals surface area (Å²) >= 11 is 5.95. The first-order chi connectivity index (χ1) is 12.0. The monoisotopic (exact) mass is 357 g/mol. The number of carbonyl (C=O) groups is 1. The second kappa shape index (κ2) is 7.89. The van der Waals surface area contributed by atoms with Gasteiger partial charge in [-0.1, -0.05) is 29.8 Å². The van der Waals surface area contributed by atoms with E-state index >= 15 is 0 Å². The molecule has 0 bridgehead atoms. The van der Waals surface area contributed by atoms with E-state index in [9.17, 15) is 4.79 Å². The molecule has 1 aliphatic rings. The van der Waals surface area contributed by atoms with Crippen molar-refractivity contribution in [2.45, 2.75) is 19.9 Å². The molecule has 0 radical (unpaired) electrons. The molecular weight excluding hydrogens is 334 g/mol. The third-order valence-corrected chi connectivity index (χ3v) is 4.94. The van der Waals surface area contributed by atoms with Gasteiger partial charge < -0.3 is 10.6 Å². The lowest BCUT2D eigenvalue weighted by Gasteiger charge is -2.23. The molecule has 5 heteroatoms. The van der Waals surface area contributed by atoms with Crippen LogP contribution in [0.4, 0.5) is 5.69 Å². The molecule has 1 amide bonds. The lowest BCUT2D eigenvalue weighted by atomic mass is 10.1. The maximum Gasteiger partial charge on any atom is 0.254 e. The van der Waals surface area contributed by atoms with Crippen molar-refractivity contribution in [1.29, 1.82) is 0 Å². The maximum absolute atomic E-state index is 12.9. The quantitative estimate of drug-likeness (QED) is 0.854. The lowest BCUT2D eigenvalue weighted by molar-refractivity contribution is 0.0760. The largest absolute Gasteiger partial charge is 0.399 e. The molecule has 132 valence electrons. The Balaban J connectivity index is 1.64. The van der Waals surface area contributed by atoms with Crippen molar-refractivity contribution < 1.29 is 4.79 Å². The standard InChI is InChI=1S/C20H24ClN3O/c1-15-3-8-18(22)13-19(15)20(25)24-10-2-9-23(11-12-24)14-16-4-6-17(21)7-5-16/h3-8,13H,2,9-12,14,22H2,1H3. The number of anilines is 1. The second-order valence-corrected chi connectivity index (χ2v) is 7.06. The number of benzene rings is 2. The number of aryl methyl sites for hydroxylation is 1. The van der Waals surface area contributed by atoms with Gasteiger partial charge in [-0.3, -0.25) is 9.69 Å². The predicted octanol–water partition coefficient (Wildman–Crippen LogP) is 3.58. The van der Waals surface area contributed by atoms with Crippen LogP contribution in [0.2, 0.25) is 5.02 Å². The molecule has 0 saturated carbocycles. The zero-order valence-corrected chi connectivity index (χ0v) is 15.3. The third-order valence-electron chi connectivity index (χ3n) is 4.69. The molecule has 1 aliphatic heterocycles. The van der Waals surface area contributed by atoms with E-state index in [4.69, 9.17) is 17.3 Å². The fourth-order valence-corrected chi connectivity index (χ4v) is 3.35. The van der Waals surface area contributed by atoms with E-state index in [1.807, 2.05) is 36.1 Å². The zero-order chi connectivity index (χ0) is 17.8. The van der Waals surface area contributed by atoms with Crippen LogP contribution in [-0.2, 0) is 6.54 Å². The van der Waals surface area contributed by atoms with Gasteiger partial charge in [-0.15, -0.1) is 0 Å². The van der Waals surface area contributed by atoms with Crippen molar-refractivity contribution in [2.24, 2.45) is 0 Å². The first-order valence-corrected chi connectivity index (χ1v) is 9.03. The molecule has 1 saturated heterocycles. The van der Waals surface area contributed by atoms with Crippen LogP contribution in [0.15, 0.2) is 42.5 Å². The Kier molecular flexibility index (Phi) is 5.61. The van der Waals surface area contributed by atoms with Gasteiger partial charge in [0.1, 0.15) is 0 Å². The van der Waals surface area contributed by atoms with Crippen molar-refractivity contribution in [3.05, 3.63) is 64.2 Å². The summed E-state index contributed by atoms with van der Waals surface area (Å²) in [4.78, 5) is 17.2. The molecule has 1 fully saturated rings. The molecular formula is C20H24ClN3O. The molecule has 2 aromatic rings. The summed E-state index contributed by atoms with van der Waals surface area (Å²) < 4.78 is 0. The van der Waals surface area contributed by atoms with Crippen molar-refractivity contribution in [3.63, 3.8) is 0 Å². The van der Waals surface area contributed by atoms with Gasteiger partial charge in [0, 0.05) is 49.0 Å². The highest BCUT2D eigenvalue weighted by Crippen LogP contribution is 2.17. The second-order valence-electron chi connectivity index (χ2n) is 6.62. The molecule has 25 heavy (non-hydrogen) atoms. The Labute approximate surface area is 154 Å². The van der Waals surface area contributed by atoms with Crippen LogP contribution in [0.25, 0.3) is 0 Å². The van der Waals surface area contributed by atoms with Crippen molar-refractivity contribution in [2.75, 3.05) is 31.9 Å². The minimum absolute atomic E-state index is 0.0816. The average molecular weight is 358 g/mol. The number of nitrogen functional groups attached to an aromatic ring is 1. The number of hydrogen-bond donors (Lipinski definition) is 1. The first kappa shape index (κ1) is 17.8. The number of amides is 1. The van der Waals surface area contributed by atoms with Crippen LogP contribution >= 0.6 is 11.6 Å². The van der Waals surface area contributed by atoms with Gasteiger partial charge in [0.2, 0.25) is 0 Å². The van der Waals surface area contributed by atoms with Gasteiger partial charge in [0.05, 0.1) is 0 Å². The van der Waals surface area contributed by atoms with Crippen LogP contribution in [0, 0.1) is 6.92 Å². The maximum atomic E-state index is 12.9. The fraction of sp³-hybridized carbons (Fsp3) is 0.350. The van der Waals surface area contributed by atoms with Gasteiger partial charge in [0.15, 0.2) is 0 Å². The normalized spacial score (nSPS) is 15.8. The molecule has 0 unspecified atom stereocenters. The summed E-state index contributed by atoms with van der Waals surface area (Å²) in [6.45, 7) is 6.22. The van der Waals surface area contributed by atoms with E-state index in [1.165, 1.54) is 5.56 Å². The summed E-state index contributed by atoms with van der Waals surface area (Å²) in [5.41, 5.74) is 9.42. The first-order valence-electron chi connectivity index (χ1n) is 8.65. The Morgan fingerprint density at radius 3 is 2.60 bits per heavy atom. The van der Waals surface area contributed by atoms with E-state index in [1.54, 1.807) is 6.07 Å². The summed E-state index contributed by atoms with van der Waals surface area (Å²) in [5.74, 6) is 0.0816. The molecule has 0 atom stereocenters. The fourth-order valence-electron chi connectivity index (χ4n) is 3.22. The minimum Gasteiger partial charge on any atom is -0.399 e. The van der Waals surface area contributed by atoms with Crippen LogP contribution in [0.3, 0.4) is 0 Å². The van der Waals surface area contributed by atoms with Gasteiger partial charge in [-0.05, 0) is 48.7 Å². The number of hydrogen-bond acceptors (Lipinski definition) is 3. The SMILES string of the molecule is Cc1ccc(N)cc1C(=O)N1CCCN(Cc2ccc(Cl)cc2)CC1. The summed E-state index contributed by atoms with van der Waals surface area (Å²) in [7, 11) is 0. The number of halogens is 1. The van der Waals surface area contributed by atoms with E-state index in [0.29, 0.717) is 11.3 Å². The summed E-state index contributed by atoms with van der Waals surface area (Å²) in [6.07, 6.45) is 0.973. The van der Waals surface area contributed by atoms with Crippen molar-refractivity contribution >= 4 is 23.2 Å². The molecule has 0 aliphatic carbocycles. The van der Waals surface area contributed by atoms with Gasteiger partial charge >= 0.3 is 0 Å². The molecule has 3 rings (SSSR count). The number of carbonyl (C=O) groups excluding carboxylic acids is 1. The van der Waals surface area contributed by atoms with Crippen LogP contribution in [0.1, 0.15) is 27.9 Å². The Hall–Kier alpha value is -2.04. The molecule has 2 N–H and O–H groups in total. The smallest absolute Gasteiger partial charge is 0.254 e. The summed E-state index contributed by atoms with van der Waals surface area (Å²) in [6, 6.07) is 13.5. The van der Waals surface area contributed by atoms with Gasteiger partial charge in [-0.25, -0.2) is 0 Å². The lowest BCUT2D eigenvalue weighted by Crippen LogP contribution is -2.35. The highest BCUT2D eigenvalue weighted by atomic mass is 35.5. The molecule has 4 nitrogen and oxygen atoms in total. The Morgan fingerprint density at radius 2 is 1.84 bits per heavy atom. The number of nitrogens with two attached hydrogens (primary N) is 1. The predicted molar refractivity (Wildman–Crippen MR) is 103 cm³/mol. The summed E-state index contributed by atoms with van der Waals surface area (Å²) in [5, 5.41) is 0.758. The molecule has 1 heterocycles. The van der Waals surface area contributed by atoms with Crippen molar-refractivity contribution in [1.82, 2.24) is 9.80 Å². The molecule has 0 spiro atoms. The minimum atomic E-state index is 0.0816. The number of nitrogens with zero attached hydrogens (tertiary/aromatic N) is 2. The van der Waals surface area contributed by atoms with E-state index in [2.05, 4.69) is 17.0 Å². The van der Waals surface area contributed by atoms with Crippen LogP contribution < -0.4 is 5.73 Å². The molecule has 0 aromatic heterocycles. The molecule has 2 aromatic carbocycles. The zero-order valence-electron chi connectivity index (χ0n) is 14.5. The average Bonchev–Trinajstić information content (AvgIpc) is 2.84. The van der Waals surface area contributed by atoms with Gasteiger partial charge in [-0.2, -0.15) is 0 Å². The third kappa shape index (κ3) is 4.53. The Morgan fingerprint density at radius 1 is 1.08 bits per heavy atom. The van der Waals surface area contributed by atoms with E-state index in [0.717, 1.165) is 49.7 Å². The highest BCUT2D eigenvalue weighted by molar-refractivity contribution is 6.30. The highest BCUT2D eigenvalue weighted by Gasteiger charge is 2.21. The van der Waals surface area contributed by atoms with E-state index in [-0.39, 0.29) is 5.91 Å². The Bertz CT molecular complexity index is 745. The van der Waals surface area contributed by atoms with Crippen LogP contribution in [-0.4, -0.2) is 41.9 Å². The number of rotatable bonds is 3. The topological polar surface area (TPSA) is 49.6 Å². The van der Waals surface area contributed by atoms with Crippen molar-refractivity contribution in [3.8, 4) is 0 Å². The van der Waals surface area contributed by atoms with Gasteiger partial charge in [0.25, 0.3) is 5.91 Å². The van der Waals surface area contributed by atoms with E-state index < -0.39 is 0 Å².